The number of halogens is 2. The minimum absolute atomic E-state index is 0.00806. The second kappa shape index (κ2) is 10.4. The van der Waals surface area contributed by atoms with Crippen molar-refractivity contribution in [3.05, 3.63) is 68.2 Å². The molecule has 0 amide bonds. The van der Waals surface area contributed by atoms with Crippen molar-refractivity contribution in [3.63, 3.8) is 0 Å². The maximum Gasteiger partial charge on any atom is 0.341 e. The lowest BCUT2D eigenvalue weighted by molar-refractivity contribution is 0.0693. The standard InChI is InChI=1S/C23H23ClFNO9S/c1-11(2)17(10-27)26-9-15(23(29)30)22(28)14-7-13(19(34-3)8-16(14)26)6-12-4-5-18(20(24)21(12)25)35-36(31,32)33/h4-5,7-9,11,17,27H,6,10H2,1-3H3,(H,29,30)(H,31,32,33)/p-1/t17-/m1/s1. The minimum atomic E-state index is -5.18. The third kappa shape index (κ3) is 5.46. The molecule has 0 aliphatic heterocycles. The molecule has 0 fully saturated rings. The van der Waals surface area contributed by atoms with Crippen molar-refractivity contribution in [2.45, 2.75) is 26.3 Å². The molecule has 3 rings (SSSR count). The first-order valence-corrected chi connectivity index (χ1v) is 12.2. The first kappa shape index (κ1) is 27.4. The van der Waals surface area contributed by atoms with E-state index in [0.717, 1.165) is 12.1 Å². The van der Waals surface area contributed by atoms with Gasteiger partial charge in [0.15, 0.2) is 5.75 Å². The zero-order valence-electron chi connectivity index (χ0n) is 19.3. The van der Waals surface area contributed by atoms with Gasteiger partial charge in [0.1, 0.15) is 22.2 Å². The first-order chi connectivity index (χ1) is 16.8. The number of aromatic nitrogens is 1. The summed E-state index contributed by atoms with van der Waals surface area (Å²) in [7, 11) is -3.83. The van der Waals surface area contributed by atoms with Gasteiger partial charge in [-0.2, -0.15) is 0 Å². The Labute approximate surface area is 210 Å². The third-order valence-corrected chi connectivity index (χ3v) is 6.41. The number of nitrogens with zero attached hydrogens (tertiary/aromatic N) is 1. The molecule has 2 N–H and O–H groups in total. The van der Waals surface area contributed by atoms with Crippen LogP contribution in [0.15, 0.2) is 35.3 Å². The highest BCUT2D eigenvalue weighted by Crippen LogP contribution is 2.34. The number of carboxylic acids is 1. The van der Waals surface area contributed by atoms with Crippen LogP contribution in [0.5, 0.6) is 11.5 Å². The van der Waals surface area contributed by atoms with Gasteiger partial charge in [0.2, 0.25) is 5.43 Å². The molecule has 194 valence electrons. The van der Waals surface area contributed by atoms with Crippen molar-refractivity contribution in [1.82, 2.24) is 4.57 Å². The van der Waals surface area contributed by atoms with Crippen LogP contribution < -0.4 is 14.3 Å². The van der Waals surface area contributed by atoms with Crippen LogP contribution in [-0.2, 0) is 16.8 Å². The molecule has 36 heavy (non-hydrogen) atoms. The number of hydrogen-bond acceptors (Lipinski definition) is 8. The predicted molar refractivity (Wildman–Crippen MR) is 127 cm³/mol. The molecule has 0 spiro atoms. The first-order valence-electron chi connectivity index (χ1n) is 10.5. The molecule has 2 aromatic carbocycles. The van der Waals surface area contributed by atoms with Gasteiger partial charge in [0.25, 0.3) is 10.4 Å². The summed E-state index contributed by atoms with van der Waals surface area (Å²) in [6.07, 6.45) is 0.981. The summed E-state index contributed by atoms with van der Waals surface area (Å²) in [5.41, 5.74) is -0.727. The summed E-state index contributed by atoms with van der Waals surface area (Å²) < 4.78 is 58.5. The Kier molecular flexibility index (Phi) is 7.94. The number of carboxylic acid groups (broad SMARTS) is 1. The number of aliphatic hydroxyl groups excluding tert-OH is 1. The van der Waals surface area contributed by atoms with E-state index in [0.29, 0.717) is 11.1 Å². The lowest BCUT2D eigenvalue weighted by Gasteiger charge is -2.25. The van der Waals surface area contributed by atoms with Gasteiger partial charge >= 0.3 is 5.97 Å². The van der Waals surface area contributed by atoms with E-state index in [9.17, 15) is 37.2 Å². The fourth-order valence-electron chi connectivity index (χ4n) is 3.88. The summed E-state index contributed by atoms with van der Waals surface area (Å²) in [5.74, 6) is -3.08. The molecule has 1 heterocycles. The Morgan fingerprint density at radius 1 is 1.22 bits per heavy atom. The second-order valence-corrected chi connectivity index (χ2v) is 9.64. The fourth-order valence-corrected chi connectivity index (χ4v) is 4.51. The van der Waals surface area contributed by atoms with Gasteiger partial charge in [-0.15, -0.1) is 0 Å². The number of aliphatic hydroxyl groups is 1. The van der Waals surface area contributed by atoms with Crippen LogP contribution in [0.25, 0.3) is 10.9 Å². The predicted octanol–water partition coefficient (Wildman–Crippen LogP) is 3.12. The summed E-state index contributed by atoms with van der Waals surface area (Å²) in [4.78, 5) is 24.8. The number of ether oxygens (including phenoxy) is 1. The minimum Gasteiger partial charge on any atom is -0.716 e. The average Bonchev–Trinajstić information content (AvgIpc) is 2.79. The number of methoxy groups -OCH3 is 1. The van der Waals surface area contributed by atoms with E-state index >= 15 is 0 Å². The Hall–Kier alpha value is -3.19. The van der Waals surface area contributed by atoms with E-state index in [4.69, 9.17) is 16.3 Å². The Bertz CT molecular complexity index is 1500. The molecule has 1 aromatic heterocycles. The van der Waals surface area contributed by atoms with Crippen LogP contribution in [0.4, 0.5) is 4.39 Å². The van der Waals surface area contributed by atoms with Gasteiger partial charge in [-0.3, -0.25) is 4.79 Å². The second-order valence-electron chi connectivity index (χ2n) is 8.28. The van der Waals surface area contributed by atoms with Crippen LogP contribution in [0, 0.1) is 11.7 Å². The number of aromatic carboxylic acids is 1. The number of fused-ring (bicyclic) bond motifs is 1. The summed E-state index contributed by atoms with van der Waals surface area (Å²) >= 11 is 5.84. The normalized spacial score (nSPS) is 12.7. The van der Waals surface area contributed by atoms with E-state index in [1.54, 1.807) is 0 Å². The van der Waals surface area contributed by atoms with Gasteiger partial charge in [0, 0.05) is 24.1 Å². The van der Waals surface area contributed by atoms with Gasteiger partial charge in [-0.1, -0.05) is 31.5 Å². The molecule has 0 unspecified atom stereocenters. The lowest BCUT2D eigenvalue weighted by Crippen LogP contribution is -2.25. The average molecular weight is 543 g/mol. The molecular weight excluding hydrogens is 521 g/mol. The molecule has 3 aromatic rings. The summed E-state index contributed by atoms with van der Waals surface area (Å²) in [5, 5.41) is 18.8. The molecule has 0 saturated carbocycles. The molecule has 0 aliphatic rings. The van der Waals surface area contributed by atoms with Crippen molar-refractivity contribution in [3.8, 4) is 11.5 Å². The van der Waals surface area contributed by atoms with Crippen molar-refractivity contribution in [2.24, 2.45) is 5.92 Å². The Morgan fingerprint density at radius 2 is 1.89 bits per heavy atom. The van der Waals surface area contributed by atoms with Crippen molar-refractivity contribution >= 4 is 38.9 Å². The van der Waals surface area contributed by atoms with Gasteiger partial charge in [0.05, 0.1) is 25.3 Å². The molecule has 0 saturated heterocycles. The van der Waals surface area contributed by atoms with Gasteiger partial charge in [-0.05, 0) is 29.2 Å². The molecule has 0 radical (unpaired) electrons. The Balaban J connectivity index is 2.24. The van der Waals surface area contributed by atoms with Crippen molar-refractivity contribution in [1.29, 1.82) is 0 Å². The maximum absolute atomic E-state index is 14.9. The van der Waals surface area contributed by atoms with E-state index < -0.39 is 50.0 Å². The van der Waals surface area contributed by atoms with Crippen molar-refractivity contribution in [2.75, 3.05) is 13.7 Å². The fraction of sp³-hybridized carbons (Fsp3) is 0.304. The number of pyridine rings is 1. The van der Waals surface area contributed by atoms with Crippen molar-refractivity contribution < 1.29 is 41.3 Å². The quantitative estimate of drug-likeness (QED) is 0.306. The molecule has 0 bridgehead atoms. The van der Waals surface area contributed by atoms with E-state index in [1.165, 1.54) is 30.0 Å². The van der Waals surface area contributed by atoms with Gasteiger partial charge in [-0.25, -0.2) is 17.6 Å². The summed E-state index contributed by atoms with van der Waals surface area (Å²) in [6.45, 7) is 3.33. The zero-order chi connectivity index (χ0) is 26.9. The number of hydrogen-bond donors (Lipinski definition) is 2. The molecule has 1 atom stereocenters. The largest absolute Gasteiger partial charge is 0.716 e. The van der Waals surface area contributed by atoms with E-state index in [2.05, 4.69) is 4.18 Å². The van der Waals surface area contributed by atoms with Crippen LogP contribution in [0.1, 0.15) is 41.4 Å². The zero-order valence-corrected chi connectivity index (χ0v) is 20.9. The van der Waals surface area contributed by atoms with E-state index in [-0.39, 0.29) is 35.6 Å². The number of carbonyl (C=O) groups is 1. The molecule has 0 aliphatic carbocycles. The Morgan fingerprint density at radius 3 is 2.42 bits per heavy atom. The SMILES string of the molecule is COc1cc2c(cc1Cc1ccc(OS(=O)(=O)[O-])c(Cl)c1F)c(=O)c(C(=O)O)cn2[C@H](CO)C(C)C. The maximum atomic E-state index is 14.9. The van der Waals surface area contributed by atoms with Crippen LogP contribution in [-0.4, -0.2) is 47.4 Å². The molecular formula is C23H22ClFNO9S-. The van der Waals surface area contributed by atoms with E-state index in [1.807, 2.05) is 13.8 Å². The van der Waals surface area contributed by atoms with Crippen LogP contribution in [0.3, 0.4) is 0 Å². The highest BCUT2D eigenvalue weighted by Gasteiger charge is 2.23. The number of rotatable bonds is 9. The summed E-state index contributed by atoms with van der Waals surface area (Å²) in [6, 6.07) is 4.46. The monoisotopic (exact) mass is 542 g/mol. The van der Waals surface area contributed by atoms with Gasteiger partial charge < -0.3 is 28.3 Å². The van der Waals surface area contributed by atoms with Crippen LogP contribution >= 0.6 is 11.6 Å². The third-order valence-electron chi connectivity index (χ3n) is 5.68. The topological polar surface area (TPSA) is 155 Å². The number of benzene rings is 2. The van der Waals surface area contributed by atoms with Crippen LogP contribution in [0.2, 0.25) is 5.02 Å². The highest BCUT2D eigenvalue weighted by molar-refractivity contribution is 7.81. The smallest absolute Gasteiger partial charge is 0.341 e. The highest BCUT2D eigenvalue weighted by atomic mass is 35.5. The molecule has 10 nitrogen and oxygen atoms in total. The molecule has 13 heteroatoms. The lowest BCUT2D eigenvalue weighted by atomic mass is 9.98.